The van der Waals surface area contributed by atoms with Crippen LogP contribution in [0.3, 0.4) is 0 Å². The van der Waals surface area contributed by atoms with Crippen molar-refractivity contribution < 1.29 is 0 Å². The minimum Gasteiger partial charge on any atom is -0.367 e. The van der Waals surface area contributed by atoms with Crippen LogP contribution < -0.4 is 9.80 Å². The lowest BCUT2D eigenvalue weighted by Crippen LogP contribution is -2.37. The van der Waals surface area contributed by atoms with Crippen LogP contribution in [0.15, 0.2) is 76.7 Å². The second-order valence-electron chi connectivity index (χ2n) is 7.31. The third-order valence-electron chi connectivity index (χ3n) is 5.44. The number of hydrogen-bond acceptors (Lipinski definition) is 3. The third kappa shape index (κ3) is 2.58. The van der Waals surface area contributed by atoms with Crippen LogP contribution in [0.25, 0.3) is 0 Å². The van der Waals surface area contributed by atoms with Gasteiger partial charge in [0.1, 0.15) is 0 Å². The molecule has 0 aromatic heterocycles. The zero-order valence-electron chi connectivity index (χ0n) is 15.2. The standard InChI is InChI=1S/C22H24N2S/c1-22(2)16-10-5-6-11-17(16)23(3)20(22)14-9-15-21-24(4)18-12-7-8-13-19(18)25-21/h5-15,20H,1-4H3/b14-9+,21-15-. The van der Waals surface area contributed by atoms with Gasteiger partial charge in [0, 0.05) is 30.1 Å². The van der Waals surface area contributed by atoms with Crippen molar-refractivity contribution in [1.82, 2.24) is 0 Å². The van der Waals surface area contributed by atoms with Crippen LogP contribution in [0.1, 0.15) is 19.4 Å². The number of benzene rings is 2. The van der Waals surface area contributed by atoms with E-state index in [1.165, 1.54) is 26.9 Å². The second-order valence-corrected chi connectivity index (χ2v) is 8.38. The number of allylic oxidation sites excluding steroid dienone is 2. The Kier molecular flexibility index (Phi) is 3.92. The molecule has 128 valence electrons. The Bertz CT molecular complexity index is 866. The van der Waals surface area contributed by atoms with Crippen molar-refractivity contribution in [2.45, 2.75) is 30.2 Å². The van der Waals surface area contributed by atoms with Gasteiger partial charge < -0.3 is 9.80 Å². The Morgan fingerprint density at radius 3 is 2.36 bits per heavy atom. The molecular weight excluding hydrogens is 324 g/mol. The van der Waals surface area contributed by atoms with E-state index in [-0.39, 0.29) is 5.41 Å². The number of hydrogen-bond donors (Lipinski definition) is 0. The average molecular weight is 349 g/mol. The predicted molar refractivity (Wildman–Crippen MR) is 110 cm³/mol. The summed E-state index contributed by atoms with van der Waals surface area (Å²) in [6.45, 7) is 4.67. The minimum absolute atomic E-state index is 0.109. The van der Waals surface area contributed by atoms with E-state index in [9.17, 15) is 0 Å². The van der Waals surface area contributed by atoms with Crippen LogP contribution in [0.4, 0.5) is 11.4 Å². The maximum atomic E-state index is 2.39. The van der Waals surface area contributed by atoms with Crippen molar-refractivity contribution >= 4 is 23.1 Å². The molecule has 2 aliphatic heterocycles. The van der Waals surface area contributed by atoms with Crippen LogP contribution in [-0.2, 0) is 5.41 Å². The first-order valence-corrected chi connectivity index (χ1v) is 9.53. The first-order valence-electron chi connectivity index (χ1n) is 8.71. The molecule has 25 heavy (non-hydrogen) atoms. The van der Waals surface area contributed by atoms with Crippen LogP contribution in [-0.4, -0.2) is 20.1 Å². The number of para-hydroxylation sites is 2. The molecule has 3 heteroatoms. The molecular formula is C22H24N2S. The van der Waals surface area contributed by atoms with E-state index in [0.717, 1.165) is 0 Å². The molecule has 2 nitrogen and oxygen atoms in total. The molecule has 1 unspecified atom stereocenters. The highest BCUT2D eigenvalue weighted by molar-refractivity contribution is 8.03. The smallest absolute Gasteiger partial charge is 0.0798 e. The normalized spacial score (nSPS) is 22.7. The second kappa shape index (κ2) is 5.99. The van der Waals surface area contributed by atoms with Gasteiger partial charge in [-0.1, -0.05) is 68.1 Å². The Labute approximate surface area is 154 Å². The fraction of sp³-hybridized carbons (Fsp3) is 0.273. The molecule has 0 bridgehead atoms. The van der Waals surface area contributed by atoms with Gasteiger partial charge in [-0.05, 0) is 29.8 Å². The molecule has 2 aliphatic rings. The summed E-state index contributed by atoms with van der Waals surface area (Å²) in [4.78, 5) is 5.99. The quantitative estimate of drug-likeness (QED) is 0.715. The Balaban J connectivity index is 1.58. The van der Waals surface area contributed by atoms with E-state index in [4.69, 9.17) is 0 Å². The SMILES string of the molecule is CN1/C(=C/C=C/C2N(C)c3ccccc3C2(C)C)Sc2ccccc21. The van der Waals surface area contributed by atoms with Crippen LogP contribution in [0.5, 0.6) is 0 Å². The summed E-state index contributed by atoms with van der Waals surface area (Å²) in [6, 6.07) is 17.7. The summed E-state index contributed by atoms with van der Waals surface area (Å²) >= 11 is 1.84. The van der Waals surface area contributed by atoms with Gasteiger partial charge in [0.25, 0.3) is 0 Å². The first kappa shape index (κ1) is 16.3. The van der Waals surface area contributed by atoms with Gasteiger partial charge in [-0.25, -0.2) is 0 Å². The monoisotopic (exact) mass is 348 g/mol. The maximum Gasteiger partial charge on any atom is 0.0798 e. The lowest BCUT2D eigenvalue weighted by Gasteiger charge is -2.29. The molecule has 2 aromatic rings. The van der Waals surface area contributed by atoms with Crippen molar-refractivity contribution in [3.63, 3.8) is 0 Å². The van der Waals surface area contributed by atoms with E-state index in [1.807, 2.05) is 11.8 Å². The number of nitrogens with zero attached hydrogens (tertiary/aromatic N) is 2. The topological polar surface area (TPSA) is 6.48 Å². The predicted octanol–water partition coefficient (Wildman–Crippen LogP) is 5.42. The van der Waals surface area contributed by atoms with E-state index in [1.54, 1.807) is 0 Å². The Hall–Kier alpha value is -2.13. The van der Waals surface area contributed by atoms with E-state index in [2.05, 4.69) is 105 Å². The first-order chi connectivity index (χ1) is 12.0. The van der Waals surface area contributed by atoms with Crippen molar-refractivity contribution in [2.24, 2.45) is 0 Å². The highest BCUT2D eigenvalue weighted by Crippen LogP contribution is 2.46. The van der Waals surface area contributed by atoms with Crippen molar-refractivity contribution in [3.05, 3.63) is 77.4 Å². The van der Waals surface area contributed by atoms with Gasteiger partial charge >= 0.3 is 0 Å². The number of likely N-dealkylation sites (N-methyl/N-ethyl adjacent to an activating group) is 1. The molecule has 0 fully saturated rings. The maximum absolute atomic E-state index is 2.39. The molecule has 2 heterocycles. The third-order valence-corrected chi connectivity index (χ3v) is 6.62. The van der Waals surface area contributed by atoms with Gasteiger partial charge in [0.05, 0.1) is 16.8 Å². The van der Waals surface area contributed by atoms with Crippen LogP contribution in [0, 0.1) is 0 Å². The molecule has 0 radical (unpaired) electrons. The Morgan fingerprint density at radius 1 is 0.960 bits per heavy atom. The molecule has 1 atom stereocenters. The molecule has 0 N–H and O–H groups in total. The van der Waals surface area contributed by atoms with E-state index >= 15 is 0 Å². The lowest BCUT2D eigenvalue weighted by molar-refractivity contribution is 0.488. The summed E-state index contributed by atoms with van der Waals surface area (Å²) < 4.78 is 0. The average Bonchev–Trinajstić information content (AvgIpc) is 3.03. The Morgan fingerprint density at radius 2 is 1.64 bits per heavy atom. The number of rotatable bonds is 2. The molecule has 0 spiro atoms. The summed E-state index contributed by atoms with van der Waals surface area (Å²) in [5, 5.41) is 1.27. The number of anilines is 2. The van der Waals surface area contributed by atoms with Gasteiger partial charge in [-0.2, -0.15) is 0 Å². The lowest BCUT2D eigenvalue weighted by atomic mass is 9.80. The number of thioether (sulfide) groups is 1. The van der Waals surface area contributed by atoms with Gasteiger partial charge in [0.2, 0.25) is 0 Å². The summed E-state index contributed by atoms with van der Waals surface area (Å²) in [5.41, 5.74) is 4.17. The molecule has 4 rings (SSSR count). The summed E-state index contributed by atoms with van der Waals surface area (Å²) in [6.07, 6.45) is 6.79. The zero-order valence-corrected chi connectivity index (χ0v) is 16.0. The molecule has 0 saturated heterocycles. The highest BCUT2D eigenvalue weighted by atomic mass is 32.2. The summed E-state index contributed by atoms with van der Waals surface area (Å²) in [7, 11) is 4.34. The van der Waals surface area contributed by atoms with Crippen molar-refractivity contribution in [2.75, 3.05) is 23.9 Å². The molecule has 0 amide bonds. The summed E-state index contributed by atoms with van der Waals surface area (Å²) in [5.74, 6) is 0. The van der Waals surface area contributed by atoms with Crippen molar-refractivity contribution in [1.29, 1.82) is 0 Å². The largest absolute Gasteiger partial charge is 0.367 e. The van der Waals surface area contributed by atoms with Gasteiger partial charge in [-0.15, -0.1) is 0 Å². The molecule has 2 aromatic carbocycles. The van der Waals surface area contributed by atoms with Gasteiger partial charge in [0.15, 0.2) is 0 Å². The van der Waals surface area contributed by atoms with Crippen LogP contribution in [0.2, 0.25) is 0 Å². The van der Waals surface area contributed by atoms with E-state index < -0.39 is 0 Å². The minimum atomic E-state index is 0.109. The van der Waals surface area contributed by atoms with Crippen LogP contribution >= 0.6 is 11.8 Å². The van der Waals surface area contributed by atoms with Gasteiger partial charge in [-0.3, -0.25) is 0 Å². The molecule has 0 saturated carbocycles. The van der Waals surface area contributed by atoms with E-state index in [0.29, 0.717) is 6.04 Å². The zero-order chi connectivity index (χ0) is 17.6. The number of fused-ring (bicyclic) bond motifs is 2. The fourth-order valence-electron chi connectivity index (χ4n) is 4.00. The fourth-order valence-corrected chi connectivity index (χ4v) is 5.06. The molecule has 0 aliphatic carbocycles. The highest BCUT2D eigenvalue weighted by Gasteiger charge is 2.41. The van der Waals surface area contributed by atoms with Crippen molar-refractivity contribution in [3.8, 4) is 0 Å².